The van der Waals surface area contributed by atoms with Crippen molar-refractivity contribution in [3.63, 3.8) is 0 Å². The molecular weight excluding hydrogens is 445 g/mol. The monoisotopic (exact) mass is 474 g/mol. The van der Waals surface area contributed by atoms with Crippen molar-refractivity contribution in [3.05, 3.63) is 59.7 Å². The number of nitrogens with one attached hydrogen (secondary N) is 1. The highest BCUT2D eigenvalue weighted by Crippen LogP contribution is 2.33. The van der Waals surface area contributed by atoms with Crippen LogP contribution in [0.2, 0.25) is 0 Å². The number of amides is 2. The van der Waals surface area contributed by atoms with Crippen molar-refractivity contribution in [2.45, 2.75) is 32.0 Å². The fourth-order valence-corrected chi connectivity index (χ4v) is 4.64. The van der Waals surface area contributed by atoms with Crippen molar-refractivity contribution in [1.82, 2.24) is 10.2 Å². The third-order valence-corrected chi connectivity index (χ3v) is 6.49. The molecule has 1 fully saturated rings. The third-order valence-electron chi connectivity index (χ3n) is 6.49. The summed E-state index contributed by atoms with van der Waals surface area (Å²) in [7, 11) is 0. The second kappa shape index (κ2) is 10.0. The van der Waals surface area contributed by atoms with Crippen LogP contribution in [0.4, 0.5) is 24.5 Å². The van der Waals surface area contributed by atoms with Gasteiger partial charge in [0.25, 0.3) is 0 Å². The number of carbonyl (C=O) groups is 2. The zero-order valence-electron chi connectivity index (χ0n) is 19.1. The van der Waals surface area contributed by atoms with Crippen molar-refractivity contribution >= 4 is 23.2 Å². The van der Waals surface area contributed by atoms with E-state index in [1.54, 1.807) is 17.9 Å². The Labute approximate surface area is 197 Å². The van der Waals surface area contributed by atoms with Crippen molar-refractivity contribution in [2.24, 2.45) is 0 Å². The van der Waals surface area contributed by atoms with E-state index in [9.17, 15) is 22.8 Å². The minimum atomic E-state index is -4.35. The van der Waals surface area contributed by atoms with Gasteiger partial charge in [0, 0.05) is 63.5 Å². The van der Waals surface area contributed by atoms with Crippen LogP contribution in [0.3, 0.4) is 0 Å². The van der Waals surface area contributed by atoms with Gasteiger partial charge in [0.2, 0.25) is 11.8 Å². The minimum absolute atomic E-state index is 0.0733. The van der Waals surface area contributed by atoms with E-state index in [0.29, 0.717) is 57.8 Å². The molecule has 2 aliphatic rings. The first-order chi connectivity index (χ1) is 16.3. The summed E-state index contributed by atoms with van der Waals surface area (Å²) in [6.07, 6.45) is -3.52. The SMILES string of the molecule is CCC(=O)N1c2ccccc2C[C@@H]1C(=O)NCCN1CCN(c2cccc(C(F)(F)F)c2)CC1. The van der Waals surface area contributed by atoms with Gasteiger partial charge in [-0.15, -0.1) is 0 Å². The fourth-order valence-electron chi connectivity index (χ4n) is 4.64. The molecule has 0 aliphatic carbocycles. The van der Waals surface area contributed by atoms with Crippen molar-refractivity contribution in [2.75, 3.05) is 49.1 Å². The van der Waals surface area contributed by atoms with E-state index in [0.717, 1.165) is 17.3 Å². The van der Waals surface area contributed by atoms with Crippen LogP contribution in [0.5, 0.6) is 0 Å². The number of hydrogen-bond acceptors (Lipinski definition) is 4. The number of rotatable bonds is 6. The lowest BCUT2D eigenvalue weighted by Crippen LogP contribution is -2.51. The molecule has 6 nitrogen and oxygen atoms in total. The van der Waals surface area contributed by atoms with Gasteiger partial charge in [0.05, 0.1) is 5.56 Å². The molecule has 0 unspecified atom stereocenters. The predicted octanol–water partition coefficient (Wildman–Crippen LogP) is 3.31. The molecule has 2 aromatic carbocycles. The molecule has 2 heterocycles. The Morgan fingerprint density at radius 3 is 2.47 bits per heavy atom. The van der Waals surface area contributed by atoms with Gasteiger partial charge in [0.1, 0.15) is 6.04 Å². The number of hydrogen-bond donors (Lipinski definition) is 1. The average molecular weight is 475 g/mol. The summed E-state index contributed by atoms with van der Waals surface area (Å²) in [6.45, 7) is 5.50. The number of benzene rings is 2. The summed E-state index contributed by atoms with van der Waals surface area (Å²) in [4.78, 5) is 31.2. The minimum Gasteiger partial charge on any atom is -0.369 e. The molecule has 182 valence electrons. The number of para-hydroxylation sites is 1. The van der Waals surface area contributed by atoms with Gasteiger partial charge < -0.3 is 10.2 Å². The van der Waals surface area contributed by atoms with E-state index >= 15 is 0 Å². The van der Waals surface area contributed by atoms with Gasteiger partial charge in [-0.1, -0.05) is 31.2 Å². The Kier molecular flexibility index (Phi) is 7.11. The molecule has 1 saturated heterocycles. The second-order valence-electron chi connectivity index (χ2n) is 8.63. The Balaban J connectivity index is 1.27. The van der Waals surface area contributed by atoms with E-state index < -0.39 is 17.8 Å². The number of alkyl halides is 3. The molecular formula is C25H29F3N4O2. The highest BCUT2D eigenvalue weighted by Gasteiger charge is 2.37. The van der Waals surface area contributed by atoms with Gasteiger partial charge >= 0.3 is 6.18 Å². The smallest absolute Gasteiger partial charge is 0.369 e. The Morgan fingerprint density at radius 2 is 1.76 bits per heavy atom. The van der Waals surface area contributed by atoms with Crippen LogP contribution in [-0.4, -0.2) is 62.0 Å². The lowest BCUT2D eigenvalue weighted by atomic mass is 10.1. The molecule has 2 amide bonds. The van der Waals surface area contributed by atoms with E-state index in [-0.39, 0.29) is 11.8 Å². The summed E-state index contributed by atoms with van der Waals surface area (Å²) >= 11 is 0. The summed E-state index contributed by atoms with van der Waals surface area (Å²) < 4.78 is 39.0. The quantitative estimate of drug-likeness (QED) is 0.698. The van der Waals surface area contributed by atoms with Crippen LogP contribution in [0, 0.1) is 0 Å². The maximum Gasteiger partial charge on any atom is 0.416 e. The molecule has 0 radical (unpaired) electrons. The van der Waals surface area contributed by atoms with Crippen LogP contribution in [0.15, 0.2) is 48.5 Å². The predicted molar refractivity (Wildman–Crippen MR) is 125 cm³/mol. The topological polar surface area (TPSA) is 55.9 Å². The number of fused-ring (bicyclic) bond motifs is 1. The maximum absolute atomic E-state index is 13.0. The molecule has 9 heteroatoms. The first-order valence-electron chi connectivity index (χ1n) is 11.6. The van der Waals surface area contributed by atoms with E-state index in [4.69, 9.17) is 0 Å². The Bertz CT molecular complexity index is 1030. The summed E-state index contributed by atoms with van der Waals surface area (Å²) in [5.74, 6) is -0.239. The molecule has 34 heavy (non-hydrogen) atoms. The van der Waals surface area contributed by atoms with Crippen molar-refractivity contribution < 1.29 is 22.8 Å². The van der Waals surface area contributed by atoms with Crippen LogP contribution >= 0.6 is 0 Å². The zero-order valence-corrected chi connectivity index (χ0v) is 19.1. The number of carbonyl (C=O) groups excluding carboxylic acids is 2. The van der Waals surface area contributed by atoms with Gasteiger partial charge in [-0.3, -0.25) is 19.4 Å². The summed E-state index contributed by atoms with van der Waals surface area (Å²) in [5, 5.41) is 2.97. The van der Waals surface area contributed by atoms with Gasteiger partial charge in [-0.25, -0.2) is 0 Å². The highest BCUT2D eigenvalue weighted by atomic mass is 19.4. The second-order valence-corrected chi connectivity index (χ2v) is 8.63. The number of piperazine rings is 1. The molecule has 2 aromatic rings. The largest absolute Gasteiger partial charge is 0.416 e. The van der Waals surface area contributed by atoms with E-state index in [2.05, 4.69) is 10.2 Å². The first kappa shape index (κ1) is 24.1. The molecule has 1 atom stereocenters. The lowest BCUT2D eigenvalue weighted by Gasteiger charge is -2.36. The maximum atomic E-state index is 13.0. The first-order valence-corrected chi connectivity index (χ1v) is 11.6. The van der Waals surface area contributed by atoms with Crippen LogP contribution in [-0.2, 0) is 22.2 Å². The van der Waals surface area contributed by atoms with Crippen LogP contribution < -0.4 is 15.1 Å². The van der Waals surface area contributed by atoms with E-state index in [1.165, 1.54) is 12.1 Å². The average Bonchev–Trinajstić information content (AvgIpc) is 3.23. The van der Waals surface area contributed by atoms with Gasteiger partial charge in [-0.05, 0) is 29.8 Å². The van der Waals surface area contributed by atoms with Gasteiger partial charge in [-0.2, -0.15) is 13.2 Å². The molecule has 0 bridgehead atoms. The molecule has 1 N–H and O–H groups in total. The van der Waals surface area contributed by atoms with Crippen molar-refractivity contribution in [3.8, 4) is 0 Å². The van der Waals surface area contributed by atoms with Crippen LogP contribution in [0.1, 0.15) is 24.5 Å². The van der Waals surface area contributed by atoms with Crippen LogP contribution in [0.25, 0.3) is 0 Å². The Morgan fingerprint density at radius 1 is 1.03 bits per heavy atom. The highest BCUT2D eigenvalue weighted by molar-refractivity contribution is 6.03. The normalized spacial score (nSPS) is 18.6. The zero-order chi connectivity index (χ0) is 24.3. The fraction of sp³-hybridized carbons (Fsp3) is 0.440. The summed E-state index contributed by atoms with van der Waals surface area (Å²) in [5.41, 5.74) is 1.74. The number of nitrogens with zero attached hydrogens (tertiary/aromatic N) is 3. The molecule has 0 spiro atoms. The number of anilines is 2. The molecule has 0 aromatic heterocycles. The lowest BCUT2D eigenvalue weighted by molar-refractivity contribution is -0.137. The number of halogens is 3. The van der Waals surface area contributed by atoms with Gasteiger partial charge in [0.15, 0.2) is 0 Å². The summed E-state index contributed by atoms with van der Waals surface area (Å²) in [6, 6.07) is 12.5. The van der Waals surface area contributed by atoms with Crippen molar-refractivity contribution in [1.29, 1.82) is 0 Å². The standard InChI is InChI=1S/C25H29F3N4O2/c1-2-23(33)32-21-9-4-3-6-18(21)16-22(32)24(34)29-10-11-30-12-14-31(15-13-30)20-8-5-7-19(17-20)25(26,27)28/h3-9,17,22H,2,10-16H2,1H3,(H,29,34)/t22-/m1/s1. The third kappa shape index (κ3) is 5.19. The Hall–Kier alpha value is -3.07. The molecule has 4 rings (SSSR count). The molecule has 2 aliphatic heterocycles. The van der Waals surface area contributed by atoms with E-state index in [1.807, 2.05) is 29.2 Å². The molecule has 0 saturated carbocycles.